The Kier molecular flexibility index (Phi) is 5.48. The van der Waals surface area contributed by atoms with Crippen LogP contribution >= 0.6 is 0 Å². The Morgan fingerprint density at radius 3 is 2.83 bits per heavy atom. The van der Waals surface area contributed by atoms with Crippen LogP contribution in [0.15, 0.2) is 0 Å². The number of hydrogen-bond acceptors (Lipinski definition) is 2. The minimum atomic E-state index is 0.0732. The van der Waals surface area contributed by atoms with Crippen LogP contribution in [0.2, 0.25) is 0 Å². The molecule has 104 valence electrons. The summed E-state index contributed by atoms with van der Waals surface area (Å²) >= 11 is 0. The van der Waals surface area contributed by atoms with Crippen molar-refractivity contribution in [3.63, 3.8) is 0 Å². The first kappa shape index (κ1) is 13.9. The first-order valence-electron chi connectivity index (χ1n) is 7.77. The summed E-state index contributed by atoms with van der Waals surface area (Å²) in [4.78, 5) is 11.9. The molecule has 18 heavy (non-hydrogen) atoms. The normalized spacial score (nSPS) is 33.1. The lowest BCUT2D eigenvalue weighted by atomic mass is 9.81. The molecular weight excluding hydrogens is 224 g/mol. The summed E-state index contributed by atoms with van der Waals surface area (Å²) in [5.41, 5.74) is 0. The molecule has 1 saturated heterocycles. The van der Waals surface area contributed by atoms with E-state index < -0.39 is 0 Å². The lowest BCUT2D eigenvalue weighted by Gasteiger charge is -2.27. The molecule has 0 aromatic carbocycles. The fourth-order valence-electron chi connectivity index (χ4n) is 3.42. The summed E-state index contributed by atoms with van der Waals surface area (Å²) in [6.45, 7) is 4.23. The summed E-state index contributed by atoms with van der Waals surface area (Å²) in [7, 11) is 0. The molecule has 2 fully saturated rings. The maximum absolute atomic E-state index is 11.9. The van der Waals surface area contributed by atoms with Crippen LogP contribution in [0.5, 0.6) is 0 Å². The van der Waals surface area contributed by atoms with Crippen LogP contribution in [-0.2, 0) is 4.79 Å². The fraction of sp³-hybridized carbons (Fsp3) is 0.933. The Labute approximate surface area is 111 Å². The SMILES string of the molecule is CC1CCCC(CCNC(=O)[C@H]2CCCCN2)C1. The lowest BCUT2D eigenvalue weighted by Crippen LogP contribution is -2.47. The van der Waals surface area contributed by atoms with E-state index in [0.717, 1.165) is 31.3 Å². The second-order valence-electron chi connectivity index (χ2n) is 6.22. The molecule has 2 N–H and O–H groups in total. The van der Waals surface area contributed by atoms with Crippen molar-refractivity contribution in [2.75, 3.05) is 13.1 Å². The molecule has 0 aromatic heterocycles. The Bertz CT molecular complexity index is 261. The quantitative estimate of drug-likeness (QED) is 0.807. The topological polar surface area (TPSA) is 41.1 Å². The Hall–Kier alpha value is -0.570. The largest absolute Gasteiger partial charge is 0.355 e. The zero-order valence-corrected chi connectivity index (χ0v) is 11.7. The standard InChI is InChI=1S/C15H28N2O/c1-12-5-4-6-13(11-12)8-10-17-15(18)14-7-2-3-9-16-14/h12-14,16H,2-11H2,1H3,(H,17,18)/t12?,13?,14-/m1/s1. The van der Waals surface area contributed by atoms with Crippen LogP contribution in [0.1, 0.15) is 58.3 Å². The van der Waals surface area contributed by atoms with Crippen molar-refractivity contribution in [1.29, 1.82) is 0 Å². The Balaban J connectivity index is 1.60. The van der Waals surface area contributed by atoms with Gasteiger partial charge in [0.1, 0.15) is 0 Å². The van der Waals surface area contributed by atoms with Gasteiger partial charge in [-0.2, -0.15) is 0 Å². The average Bonchev–Trinajstić information content (AvgIpc) is 2.40. The molecule has 0 aromatic rings. The third-order valence-electron chi connectivity index (χ3n) is 4.52. The second-order valence-corrected chi connectivity index (χ2v) is 6.22. The first-order chi connectivity index (χ1) is 8.75. The number of carbonyl (C=O) groups excluding carboxylic acids is 1. The molecular formula is C15H28N2O. The number of hydrogen-bond donors (Lipinski definition) is 2. The van der Waals surface area contributed by atoms with E-state index in [9.17, 15) is 4.79 Å². The zero-order chi connectivity index (χ0) is 12.8. The summed E-state index contributed by atoms with van der Waals surface area (Å²) in [6, 6.07) is 0.0732. The number of carbonyl (C=O) groups is 1. The molecule has 1 heterocycles. The van der Waals surface area contributed by atoms with Crippen molar-refractivity contribution in [1.82, 2.24) is 10.6 Å². The molecule has 3 heteroatoms. The smallest absolute Gasteiger partial charge is 0.237 e. The van der Waals surface area contributed by atoms with Gasteiger partial charge in [-0.15, -0.1) is 0 Å². The predicted molar refractivity (Wildman–Crippen MR) is 74.4 cm³/mol. The second kappa shape index (κ2) is 7.13. The van der Waals surface area contributed by atoms with E-state index >= 15 is 0 Å². The number of rotatable bonds is 4. The maximum Gasteiger partial charge on any atom is 0.237 e. The van der Waals surface area contributed by atoms with Gasteiger partial charge < -0.3 is 10.6 Å². The van der Waals surface area contributed by atoms with Gasteiger partial charge in [0.15, 0.2) is 0 Å². The first-order valence-corrected chi connectivity index (χ1v) is 7.77. The molecule has 1 saturated carbocycles. The molecule has 1 aliphatic heterocycles. The molecule has 0 bridgehead atoms. The molecule has 0 spiro atoms. The van der Waals surface area contributed by atoms with Crippen LogP contribution in [-0.4, -0.2) is 25.0 Å². The van der Waals surface area contributed by atoms with Gasteiger partial charge >= 0.3 is 0 Å². The highest BCUT2D eigenvalue weighted by Gasteiger charge is 2.21. The van der Waals surface area contributed by atoms with Crippen molar-refractivity contribution in [3.05, 3.63) is 0 Å². The summed E-state index contributed by atoms with van der Waals surface area (Å²) in [6.07, 6.45) is 10.1. The van der Waals surface area contributed by atoms with E-state index in [1.54, 1.807) is 0 Å². The van der Waals surface area contributed by atoms with Crippen LogP contribution in [0.4, 0.5) is 0 Å². The molecule has 2 aliphatic rings. The molecule has 2 rings (SSSR count). The minimum absolute atomic E-state index is 0.0732. The highest BCUT2D eigenvalue weighted by Crippen LogP contribution is 2.30. The van der Waals surface area contributed by atoms with Gasteiger partial charge in [-0.1, -0.05) is 32.6 Å². The number of piperidine rings is 1. The van der Waals surface area contributed by atoms with E-state index in [4.69, 9.17) is 0 Å². The third-order valence-corrected chi connectivity index (χ3v) is 4.52. The van der Waals surface area contributed by atoms with Crippen molar-refractivity contribution in [2.45, 2.75) is 64.3 Å². The van der Waals surface area contributed by atoms with Crippen molar-refractivity contribution < 1.29 is 4.79 Å². The van der Waals surface area contributed by atoms with Gasteiger partial charge in [0.25, 0.3) is 0 Å². The van der Waals surface area contributed by atoms with Crippen molar-refractivity contribution >= 4 is 5.91 Å². The predicted octanol–water partition coefficient (Wildman–Crippen LogP) is 2.46. The van der Waals surface area contributed by atoms with Gasteiger partial charge in [-0.25, -0.2) is 0 Å². The van der Waals surface area contributed by atoms with E-state index in [0.29, 0.717) is 0 Å². The van der Waals surface area contributed by atoms with Gasteiger partial charge in [-0.3, -0.25) is 4.79 Å². The van der Waals surface area contributed by atoms with Gasteiger partial charge in [0.05, 0.1) is 6.04 Å². The van der Waals surface area contributed by atoms with Gasteiger partial charge in [-0.05, 0) is 44.1 Å². The molecule has 1 amide bonds. The van der Waals surface area contributed by atoms with Crippen molar-refractivity contribution in [3.8, 4) is 0 Å². The molecule has 1 aliphatic carbocycles. The molecule has 2 unspecified atom stereocenters. The third kappa shape index (κ3) is 4.27. The van der Waals surface area contributed by atoms with Crippen LogP contribution in [0, 0.1) is 11.8 Å². The highest BCUT2D eigenvalue weighted by molar-refractivity contribution is 5.81. The van der Waals surface area contributed by atoms with E-state index in [1.165, 1.54) is 44.9 Å². The molecule has 3 nitrogen and oxygen atoms in total. The van der Waals surface area contributed by atoms with Crippen LogP contribution in [0.25, 0.3) is 0 Å². The van der Waals surface area contributed by atoms with Crippen molar-refractivity contribution in [2.24, 2.45) is 11.8 Å². The van der Waals surface area contributed by atoms with Gasteiger partial charge in [0, 0.05) is 6.54 Å². The number of amides is 1. The van der Waals surface area contributed by atoms with Crippen LogP contribution in [0.3, 0.4) is 0 Å². The maximum atomic E-state index is 11.9. The molecule has 0 radical (unpaired) electrons. The summed E-state index contributed by atoms with van der Waals surface area (Å²) < 4.78 is 0. The van der Waals surface area contributed by atoms with Crippen LogP contribution < -0.4 is 10.6 Å². The minimum Gasteiger partial charge on any atom is -0.355 e. The number of nitrogens with one attached hydrogen (secondary N) is 2. The average molecular weight is 252 g/mol. The van der Waals surface area contributed by atoms with E-state index in [-0.39, 0.29) is 11.9 Å². The highest BCUT2D eigenvalue weighted by atomic mass is 16.2. The summed E-state index contributed by atoms with van der Waals surface area (Å²) in [5.74, 6) is 1.95. The van der Waals surface area contributed by atoms with E-state index in [2.05, 4.69) is 17.6 Å². The van der Waals surface area contributed by atoms with E-state index in [1.807, 2.05) is 0 Å². The Morgan fingerprint density at radius 1 is 1.22 bits per heavy atom. The Morgan fingerprint density at radius 2 is 2.11 bits per heavy atom. The van der Waals surface area contributed by atoms with Gasteiger partial charge in [0.2, 0.25) is 5.91 Å². The lowest BCUT2D eigenvalue weighted by molar-refractivity contribution is -0.123. The monoisotopic (exact) mass is 252 g/mol. The summed E-state index contributed by atoms with van der Waals surface area (Å²) in [5, 5.41) is 6.42. The zero-order valence-electron chi connectivity index (χ0n) is 11.7. The molecule has 3 atom stereocenters. The fourth-order valence-corrected chi connectivity index (χ4v) is 3.42.